The molecule has 0 bridgehead atoms. The van der Waals surface area contributed by atoms with Crippen LogP contribution < -0.4 is 5.32 Å². The summed E-state index contributed by atoms with van der Waals surface area (Å²) in [6.45, 7) is 4.21. The molecule has 1 amide bonds. The Hall–Kier alpha value is -0.830. The lowest BCUT2D eigenvalue weighted by Gasteiger charge is -2.15. The molecule has 0 saturated heterocycles. The molecule has 2 nitrogen and oxygen atoms in total. The van der Waals surface area contributed by atoms with Gasteiger partial charge in [0.05, 0.1) is 0 Å². The van der Waals surface area contributed by atoms with Crippen molar-refractivity contribution in [2.45, 2.75) is 33.1 Å². The summed E-state index contributed by atoms with van der Waals surface area (Å²) in [4.78, 5) is 12.1. The molecule has 1 saturated carbocycles. The molecule has 1 aliphatic carbocycles. The number of anilines is 1. The zero-order valence-corrected chi connectivity index (χ0v) is 11.9. The van der Waals surface area contributed by atoms with Crippen molar-refractivity contribution in [2.75, 3.05) is 5.32 Å². The molecule has 1 N–H and O–H groups in total. The Labute approximate surface area is 111 Å². The Morgan fingerprint density at radius 3 is 2.76 bits per heavy atom. The number of rotatable bonds is 2. The maximum absolute atomic E-state index is 12.1. The van der Waals surface area contributed by atoms with Gasteiger partial charge in [-0.25, -0.2) is 0 Å². The van der Waals surface area contributed by atoms with Crippen LogP contribution in [-0.4, -0.2) is 5.91 Å². The lowest BCUT2D eigenvalue weighted by atomic mass is 9.97. The smallest absolute Gasteiger partial charge is 0.227 e. The van der Waals surface area contributed by atoms with Gasteiger partial charge in [-0.2, -0.15) is 0 Å². The van der Waals surface area contributed by atoms with Crippen molar-refractivity contribution >= 4 is 27.5 Å². The molecule has 1 aromatic carbocycles. The molecule has 0 aromatic heterocycles. The maximum Gasteiger partial charge on any atom is 0.227 e. The first-order valence-corrected chi connectivity index (χ1v) is 6.94. The van der Waals surface area contributed by atoms with Crippen molar-refractivity contribution < 1.29 is 4.79 Å². The molecule has 1 aliphatic rings. The second kappa shape index (κ2) is 5.21. The summed E-state index contributed by atoms with van der Waals surface area (Å²) < 4.78 is 1.04. The Bertz CT molecular complexity index is 430. The number of benzene rings is 1. The molecule has 0 aliphatic heterocycles. The maximum atomic E-state index is 12.1. The van der Waals surface area contributed by atoms with Crippen molar-refractivity contribution in [3.63, 3.8) is 0 Å². The lowest BCUT2D eigenvalue weighted by Crippen LogP contribution is -2.24. The minimum absolute atomic E-state index is 0.172. The molecule has 3 heteroatoms. The monoisotopic (exact) mass is 295 g/mol. The third kappa shape index (κ3) is 2.89. The number of carbonyl (C=O) groups excluding carboxylic acids is 1. The molecule has 2 unspecified atom stereocenters. The number of aryl methyl sites for hydroxylation is 1. The van der Waals surface area contributed by atoms with Crippen LogP contribution >= 0.6 is 15.9 Å². The van der Waals surface area contributed by atoms with Crippen LogP contribution in [0.15, 0.2) is 22.7 Å². The topological polar surface area (TPSA) is 29.1 Å². The summed E-state index contributed by atoms with van der Waals surface area (Å²) in [7, 11) is 0. The van der Waals surface area contributed by atoms with Gasteiger partial charge < -0.3 is 5.32 Å². The van der Waals surface area contributed by atoms with Crippen LogP contribution in [0.3, 0.4) is 0 Å². The van der Waals surface area contributed by atoms with Gasteiger partial charge in [-0.15, -0.1) is 0 Å². The summed E-state index contributed by atoms with van der Waals surface area (Å²) in [5.41, 5.74) is 2.06. The Balaban J connectivity index is 2.05. The van der Waals surface area contributed by atoms with E-state index in [1.165, 1.54) is 18.4 Å². The third-order valence-corrected chi connectivity index (χ3v) is 4.49. The van der Waals surface area contributed by atoms with Gasteiger partial charge in [0.15, 0.2) is 0 Å². The summed E-state index contributed by atoms with van der Waals surface area (Å²) in [5.74, 6) is 0.879. The molecule has 0 radical (unpaired) electrons. The summed E-state index contributed by atoms with van der Waals surface area (Å²) >= 11 is 3.48. The predicted molar refractivity (Wildman–Crippen MR) is 74.0 cm³/mol. The zero-order valence-electron chi connectivity index (χ0n) is 10.3. The van der Waals surface area contributed by atoms with Crippen molar-refractivity contribution in [2.24, 2.45) is 11.8 Å². The van der Waals surface area contributed by atoms with Gasteiger partial charge in [0.2, 0.25) is 5.91 Å². The Morgan fingerprint density at radius 2 is 2.18 bits per heavy atom. The van der Waals surface area contributed by atoms with E-state index in [-0.39, 0.29) is 11.8 Å². The minimum Gasteiger partial charge on any atom is -0.326 e. The van der Waals surface area contributed by atoms with Crippen molar-refractivity contribution in [3.8, 4) is 0 Å². The van der Waals surface area contributed by atoms with E-state index in [1.807, 2.05) is 25.1 Å². The number of hydrogen-bond donors (Lipinski definition) is 1. The van der Waals surface area contributed by atoms with Gasteiger partial charge in [0, 0.05) is 16.1 Å². The van der Waals surface area contributed by atoms with E-state index in [1.54, 1.807) is 0 Å². The van der Waals surface area contributed by atoms with Gasteiger partial charge in [-0.1, -0.05) is 35.3 Å². The third-order valence-electron chi connectivity index (χ3n) is 3.64. The molecule has 17 heavy (non-hydrogen) atoms. The van der Waals surface area contributed by atoms with Crippen LogP contribution in [0.5, 0.6) is 0 Å². The van der Waals surface area contributed by atoms with Crippen LogP contribution in [-0.2, 0) is 4.79 Å². The van der Waals surface area contributed by atoms with E-state index in [0.29, 0.717) is 5.92 Å². The summed E-state index contributed by atoms with van der Waals surface area (Å²) in [6.07, 6.45) is 3.38. The largest absolute Gasteiger partial charge is 0.326 e. The molecule has 0 heterocycles. The molecule has 2 rings (SSSR count). The standard InChI is InChI=1S/C14H18BrNO/c1-9-4-3-5-12(9)14(17)16-11-7-6-10(2)13(15)8-11/h6-9,12H,3-5H2,1-2H3,(H,16,17). The average molecular weight is 296 g/mol. The Kier molecular flexibility index (Phi) is 3.87. The molecular formula is C14H18BrNO. The van der Waals surface area contributed by atoms with Crippen molar-refractivity contribution in [3.05, 3.63) is 28.2 Å². The summed E-state index contributed by atoms with van der Waals surface area (Å²) in [6, 6.07) is 5.93. The highest BCUT2D eigenvalue weighted by Crippen LogP contribution is 2.32. The van der Waals surface area contributed by atoms with Gasteiger partial charge in [0.25, 0.3) is 0 Å². The number of amides is 1. The fourth-order valence-electron chi connectivity index (χ4n) is 2.44. The normalized spacial score (nSPS) is 23.7. The van der Waals surface area contributed by atoms with Gasteiger partial charge in [-0.3, -0.25) is 4.79 Å². The van der Waals surface area contributed by atoms with E-state index in [4.69, 9.17) is 0 Å². The van der Waals surface area contributed by atoms with Crippen LogP contribution in [0.25, 0.3) is 0 Å². The highest BCUT2D eigenvalue weighted by molar-refractivity contribution is 9.10. The van der Waals surface area contributed by atoms with Crippen molar-refractivity contribution in [1.29, 1.82) is 0 Å². The predicted octanol–water partition coefficient (Wildman–Crippen LogP) is 4.13. The minimum atomic E-state index is 0.172. The number of halogens is 1. The Morgan fingerprint density at radius 1 is 1.41 bits per heavy atom. The van der Waals surface area contributed by atoms with E-state index < -0.39 is 0 Å². The van der Waals surface area contributed by atoms with Gasteiger partial charge >= 0.3 is 0 Å². The molecule has 92 valence electrons. The SMILES string of the molecule is Cc1ccc(NC(=O)C2CCCC2C)cc1Br. The van der Waals surface area contributed by atoms with Crippen LogP contribution in [0.1, 0.15) is 31.7 Å². The van der Waals surface area contributed by atoms with E-state index in [0.717, 1.165) is 16.6 Å². The van der Waals surface area contributed by atoms with Crippen molar-refractivity contribution in [1.82, 2.24) is 0 Å². The highest BCUT2D eigenvalue weighted by atomic mass is 79.9. The first-order valence-electron chi connectivity index (χ1n) is 6.15. The van der Waals surface area contributed by atoms with E-state index >= 15 is 0 Å². The second-order valence-electron chi connectivity index (χ2n) is 4.97. The van der Waals surface area contributed by atoms with Crippen LogP contribution in [0.4, 0.5) is 5.69 Å². The van der Waals surface area contributed by atoms with Gasteiger partial charge in [-0.05, 0) is 43.4 Å². The van der Waals surface area contributed by atoms with E-state index in [9.17, 15) is 4.79 Å². The molecule has 0 spiro atoms. The van der Waals surface area contributed by atoms with Crippen LogP contribution in [0.2, 0.25) is 0 Å². The van der Waals surface area contributed by atoms with Crippen LogP contribution in [0, 0.1) is 18.8 Å². The molecule has 2 atom stereocenters. The van der Waals surface area contributed by atoms with Gasteiger partial charge in [0.1, 0.15) is 0 Å². The number of carbonyl (C=O) groups is 1. The van der Waals surface area contributed by atoms with E-state index in [2.05, 4.69) is 28.2 Å². The number of nitrogens with one attached hydrogen (secondary N) is 1. The molecular weight excluding hydrogens is 278 g/mol. The second-order valence-corrected chi connectivity index (χ2v) is 5.82. The first kappa shape index (κ1) is 12.6. The molecule has 1 fully saturated rings. The average Bonchev–Trinajstić information content (AvgIpc) is 2.70. The first-order chi connectivity index (χ1) is 8.08. The lowest BCUT2D eigenvalue weighted by molar-refractivity contribution is -0.120. The number of hydrogen-bond acceptors (Lipinski definition) is 1. The highest BCUT2D eigenvalue weighted by Gasteiger charge is 2.29. The quantitative estimate of drug-likeness (QED) is 0.873. The zero-order chi connectivity index (χ0) is 12.4. The fourth-order valence-corrected chi connectivity index (χ4v) is 2.82. The summed E-state index contributed by atoms with van der Waals surface area (Å²) in [5, 5.41) is 3.01. The molecule has 1 aromatic rings. The fraction of sp³-hybridized carbons (Fsp3) is 0.500.